The lowest BCUT2D eigenvalue weighted by Gasteiger charge is -2.33. The lowest BCUT2D eigenvalue weighted by Crippen LogP contribution is -2.42. The molecule has 6 heteroatoms. The van der Waals surface area contributed by atoms with Crippen molar-refractivity contribution in [2.45, 2.75) is 6.10 Å². The van der Waals surface area contributed by atoms with Gasteiger partial charge in [-0.2, -0.15) is 0 Å². The third kappa shape index (κ3) is 2.88. The molecule has 5 nitrogen and oxygen atoms in total. The highest BCUT2D eigenvalue weighted by Gasteiger charge is 2.26. The van der Waals surface area contributed by atoms with E-state index in [1.165, 1.54) is 0 Å². The van der Waals surface area contributed by atoms with E-state index in [9.17, 15) is 4.79 Å². The van der Waals surface area contributed by atoms with Crippen LogP contribution in [0.2, 0.25) is 5.02 Å². The van der Waals surface area contributed by atoms with Gasteiger partial charge in [-0.15, -0.1) is 0 Å². The first kappa shape index (κ1) is 15.2. The van der Waals surface area contributed by atoms with Gasteiger partial charge in [0.25, 0.3) is 5.91 Å². The zero-order chi connectivity index (χ0) is 16.5. The Bertz CT molecular complexity index is 875. The van der Waals surface area contributed by atoms with E-state index in [2.05, 4.69) is 4.98 Å². The maximum atomic E-state index is 12.8. The molecule has 0 bridgehead atoms. The van der Waals surface area contributed by atoms with Crippen LogP contribution in [0, 0.1) is 0 Å². The van der Waals surface area contributed by atoms with E-state index in [4.69, 9.17) is 16.3 Å². The highest BCUT2D eigenvalue weighted by molar-refractivity contribution is 6.30. The molecule has 1 unspecified atom stereocenters. The smallest absolute Gasteiger partial charge is 0.255 e. The maximum absolute atomic E-state index is 12.8. The normalized spacial score (nSPS) is 18.0. The number of rotatable bonds is 2. The summed E-state index contributed by atoms with van der Waals surface area (Å²) in [7, 11) is 0. The van der Waals surface area contributed by atoms with Crippen LogP contribution in [-0.2, 0) is 4.74 Å². The van der Waals surface area contributed by atoms with E-state index in [1.807, 2.05) is 58.1 Å². The van der Waals surface area contributed by atoms with Crippen LogP contribution in [0.5, 0.6) is 0 Å². The van der Waals surface area contributed by atoms with Crippen molar-refractivity contribution in [2.24, 2.45) is 0 Å². The fraction of sp³-hybridized carbons (Fsp3) is 0.222. The summed E-state index contributed by atoms with van der Waals surface area (Å²) < 4.78 is 7.68. The molecule has 1 fully saturated rings. The number of nitrogens with zero attached hydrogens (tertiary/aromatic N) is 3. The summed E-state index contributed by atoms with van der Waals surface area (Å²) in [4.78, 5) is 18.8. The largest absolute Gasteiger partial charge is 0.370 e. The number of pyridine rings is 1. The minimum absolute atomic E-state index is 0.00728. The number of hydrogen-bond acceptors (Lipinski definition) is 3. The number of ether oxygens (including phenoxy) is 1. The predicted octanol–water partition coefficient (Wildman–Crippen LogP) is 3.20. The second-order valence-corrected chi connectivity index (χ2v) is 6.21. The van der Waals surface area contributed by atoms with Crippen molar-refractivity contribution in [3.8, 4) is 0 Å². The molecule has 122 valence electrons. The molecule has 0 aliphatic carbocycles. The summed E-state index contributed by atoms with van der Waals surface area (Å²) in [6.45, 7) is 1.64. The van der Waals surface area contributed by atoms with Gasteiger partial charge in [-0.25, -0.2) is 4.98 Å². The van der Waals surface area contributed by atoms with E-state index in [-0.39, 0.29) is 12.0 Å². The third-order valence-corrected chi connectivity index (χ3v) is 4.48. The fourth-order valence-electron chi connectivity index (χ4n) is 2.94. The van der Waals surface area contributed by atoms with E-state index in [0.29, 0.717) is 30.3 Å². The Morgan fingerprint density at radius 2 is 2.04 bits per heavy atom. The molecular weight excluding hydrogens is 326 g/mol. The van der Waals surface area contributed by atoms with Gasteiger partial charge in [-0.05, 0) is 29.8 Å². The van der Waals surface area contributed by atoms with Gasteiger partial charge in [-0.1, -0.05) is 23.7 Å². The minimum atomic E-state index is -0.128. The molecule has 1 aliphatic rings. The fourth-order valence-corrected chi connectivity index (χ4v) is 3.07. The van der Waals surface area contributed by atoms with Crippen LogP contribution in [0.4, 0.5) is 0 Å². The number of fused-ring (bicyclic) bond motifs is 1. The number of amides is 1. The van der Waals surface area contributed by atoms with E-state index in [0.717, 1.165) is 11.2 Å². The van der Waals surface area contributed by atoms with Crippen molar-refractivity contribution < 1.29 is 9.53 Å². The van der Waals surface area contributed by atoms with E-state index >= 15 is 0 Å². The second kappa shape index (κ2) is 6.26. The number of benzene rings is 1. The average Bonchev–Trinajstić information content (AvgIpc) is 3.09. The number of carbonyl (C=O) groups is 1. The standard InChI is InChI=1S/C18H16ClN3O2/c19-15-4-1-13(2-5-15)16-12-22(9-10-24-16)18(23)14-3-6-17-20-7-8-21(17)11-14/h1-8,11,16H,9-10,12H2. The van der Waals surface area contributed by atoms with Crippen molar-refractivity contribution in [3.63, 3.8) is 0 Å². The first-order valence-corrected chi connectivity index (χ1v) is 8.17. The Labute approximate surface area is 144 Å². The zero-order valence-corrected chi connectivity index (χ0v) is 13.7. The Morgan fingerprint density at radius 3 is 2.88 bits per heavy atom. The van der Waals surface area contributed by atoms with Gasteiger partial charge in [-0.3, -0.25) is 4.79 Å². The second-order valence-electron chi connectivity index (χ2n) is 5.77. The summed E-state index contributed by atoms with van der Waals surface area (Å²) in [6, 6.07) is 11.2. The molecule has 0 saturated carbocycles. The van der Waals surface area contributed by atoms with Crippen LogP contribution in [0.1, 0.15) is 22.0 Å². The third-order valence-electron chi connectivity index (χ3n) is 4.23. The highest BCUT2D eigenvalue weighted by Crippen LogP contribution is 2.24. The Morgan fingerprint density at radius 1 is 1.21 bits per heavy atom. The quantitative estimate of drug-likeness (QED) is 0.719. The molecule has 1 amide bonds. The molecule has 1 aliphatic heterocycles. The molecule has 2 aromatic heterocycles. The molecular formula is C18H16ClN3O2. The van der Waals surface area contributed by atoms with E-state index < -0.39 is 0 Å². The van der Waals surface area contributed by atoms with Gasteiger partial charge in [0.05, 0.1) is 18.7 Å². The zero-order valence-electron chi connectivity index (χ0n) is 12.9. The minimum Gasteiger partial charge on any atom is -0.370 e. The van der Waals surface area contributed by atoms with Gasteiger partial charge in [0.1, 0.15) is 11.8 Å². The number of halogens is 1. The number of imidazole rings is 1. The van der Waals surface area contributed by atoms with E-state index in [1.54, 1.807) is 6.20 Å². The van der Waals surface area contributed by atoms with Gasteiger partial charge >= 0.3 is 0 Å². The van der Waals surface area contributed by atoms with Crippen molar-refractivity contribution >= 4 is 23.2 Å². The summed E-state index contributed by atoms with van der Waals surface area (Å²) in [5.41, 5.74) is 2.51. The van der Waals surface area contributed by atoms with Gasteiger partial charge in [0.15, 0.2) is 0 Å². The summed E-state index contributed by atoms with van der Waals surface area (Å²) in [6.07, 6.45) is 5.24. The molecule has 0 N–H and O–H groups in total. The maximum Gasteiger partial charge on any atom is 0.255 e. The number of carbonyl (C=O) groups excluding carboxylic acids is 1. The van der Waals surface area contributed by atoms with Crippen molar-refractivity contribution in [3.05, 3.63) is 71.1 Å². The van der Waals surface area contributed by atoms with Crippen molar-refractivity contribution in [2.75, 3.05) is 19.7 Å². The summed E-state index contributed by atoms with van der Waals surface area (Å²) >= 11 is 5.94. The van der Waals surface area contributed by atoms with Gasteiger partial charge < -0.3 is 14.0 Å². The van der Waals surface area contributed by atoms with Crippen LogP contribution in [-0.4, -0.2) is 39.9 Å². The molecule has 3 heterocycles. The first-order chi connectivity index (χ1) is 11.7. The predicted molar refractivity (Wildman–Crippen MR) is 91.2 cm³/mol. The molecule has 24 heavy (non-hydrogen) atoms. The van der Waals surface area contributed by atoms with Crippen LogP contribution in [0.3, 0.4) is 0 Å². The van der Waals surface area contributed by atoms with Crippen molar-refractivity contribution in [1.29, 1.82) is 0 Å². The summed E-state index contributed by atoms with van der Waals surface area (Å²) in [5, 5.41) is 0.691. The van der Waals surface area contributed by atoms with Gasteiger partial charge in [0.2, 0.25) is 0 Å². The monoisotopic (exact) mass is 341 g/mol. The molecule has 3 aromatic rings. The molecule has 0 spiro atoms. The van der Waals surface area contributed by atoms with Gasteiger partial charge in [0, 0.05) is 30.2 Å². The Kier molecular flexibility index (Phi) is 3.96. The number of aromatic nitrogens is 2. The first-order valence-electron chi connectivity index (χ1n) is 7.80. The topological polar surface area (TPSA) is 46.8 Å². The Balaban J connectivity index is 1.54. The molecule has 0 radical (unpaired) electrons. The highest BCUT2D eigenvalue weighted by atomic mass is 35.5. The molecule has 1 saturated heterocycles. The average molecular weight is 342 g/mol. The lowest BCUT2D eigenvalue weighted by atomic mass is 10.1. The van der Waals surface area contributed by atoms with Crippen LogP contribution < -0.4 is 0 Å². The number of morpholine rings is 1. The molecule has 4 rings (SSSR count). The van der Waals surface area contributed by atoms with Crippen LogP contribution in [0.15, 0.2) is 55.0 Å². The SMILES string of the molecule is O=C(c1ccc2nccn2c1)N1CCOC(c2ccc(Cl)cc2)C1. The number of hydrogen-bond donors (Lipinski definition) is 0. The van der Waals surface area contributed by atoms with Crippen LogP contribution in [0.25, 0.3) is 5.65 Å². The van der Waals surface area contributed by atoms with Crippen LogP contribution >= 0.6 is 11.6 Å². The lowest BCUT2D eigenvalue weighted by molar-refractivity contribution is -0.0228. The molecule has 1 atom stereocenters. The van der Waals surface area contributed by atoms with Crippen molar-refractivity contribution in [1.82, 2.24) is 14.3 Å². The summed E-state index contributed by atoms with van der Waals surface area (Å²) in [5.74, 6) is 0.00728. The Hall–Kier alpha value is -2.37. The molecule has 1 aromatic carbocycles.